The van der Waals surface area contributed by atoms with Gasteiger partial charge in [-0.1, -0.05) is 12.1 Å². The van der Waals surface area contributed by atoms with Crippen molar-refractivity contribution < 1.29 is 28.1 Å². The standard InChI is InChI=1S/C13H18F3NO3/c1-20-11-4-2-3-10(7-11)12(19)8-17(5-6-18)9-13(14,15)16/h2-4,7,12,18-19H,5-6,8-9H2,1H3. The highest BCUT2D eigenvalue weighted by Gasteiger charge is 2.31. The minimum Gasteiger partial charge on any atom is -0.497 e. The van der Waals surface area contributed by atoms with Gasteiger partial charge in [-0.25, -0.2) is 0 Å². The van der Waals surface area contributed by atoms with E-state index in [9.17, 15) is 18.3 Å². The van der Waals surface area contributed by atoms with Crippen LogP contribution in [0.5, 0.6) is 5.75 Å². The van der Waals surface area contributed by atoms with Crippen molar-refractivity contribution in [2.24, 2.45) is 0 Å². The fraction of sp³-hybridized carbons (Fsp3) is 0.538. The number of hydrogen-bond acceptors (Lipinski definition) is 4. The molecule has 1 atom stereocenters. The number of hydrogen-bond donors (Lipinski definition) is 2. The SMILES string of the molecule is COc1cccc(C(O)CN(CCO)CC(F)(F)F)c1. The van der Waals surface area contributed by atoms with Gasteiger partial charge in [0.2, 0.25) is 0 Å². The van der Waals surface area contributed by atoms with E-state index in [1.165, 1.54) is 7.11 Å². The van der Waals surface area contributed by atoms with E-state index in [1.807, 2.05) is 0 Å². The number of alkyl halides is 3. The summed E-state index contributed by atoms with van der Waals surface area (Å²) in [5, 5.41) is 18.8. The molecule has 1 aromatic carbocycles. The molecule has 0 saturated carbocycles. The lowest BCUT2D eigenvalue weighted by atomic mass is 10.1. The Balaban J connectivity index is 2.71. The summed E-state index contributed by atoms with van der Waals surface area (Å²) < 4.78 is 42.1. The van der Waals surface area contributed by atoms with Gasteiger partial charge in [0.25, 0.3) is 0 Å². The molecule has 0 saturated heterocycles. The van der Waals surface area contributed by atoms with Gasteiger partial charge in [0, 0.05) is 13.1 Å². The molecule has 0 amide bonds. The Morgan fingerprint density at radius 2 is 2.05 bits per heavy atom. The van der Waals surface area contributed by atoms with Gasteiger partial charge in [-0.15, -0.1) is 0 Å². The Morgan fingerprint density at radius 1 is 1.35 bits per heavy atom. The summed E-state index contributed by atoms with van der Waals surface area (Å²) >= 11 is 0. The number of methoxy groups -OCH3 is 1. The van der Waals surface area contributed by atoms with Crippen LogP contribution in [0.15, 0.2) is 24.3 Å². The lowest BCUT2D eigenvalue weighted by molar-refractivity contribution is -0.149. The predicted molar refractivity (Wildman–Crippen MR) is 67.5 cm³/mol. The molecule has 1 unspecified atom stereocenters. The molecule has 20 heavy (non-hydrogen) atoms. The van der Waals surface area contributed by atoms with Crippen molar-refractivity contribution in [3.63, 3.8) is 0 Å². The molecular formula is C13H18F3NO3. The Kier molecular flexibility index (Phi) is 6.25. The minimum atomic E-state index is -4.37. The zero-order valence-electron chi connectivity index (χ0n) is 11.1. The van der Waals surface area contributed by atoms with Crippen LogP contribution in [0, 0.1) is 0 Å². The Labute approximate surface area is 115 Å². The molecule has 2 N–H and O–H groups in total. The van der Waals surface area contributed by atoms with Crippen LogP contribution in [0.1, 0.15) is 11.7 Å². The molecule has 0 aliphatic carbocycles. The zero-order valence-corrected chi connectivity index (χ0v) is 11.1. The number of benzene rings is 1. The zero-order chi connectivity index (χ0) is 15.2. The molecule has 114 valence electrons. The first-order chi connectivity index (χ1) is 9.35. The van der Waals surface area contributed by atoms with Crippen LogP contribution in [-0.2, 0) is 0 Å². The van der Waals surface area contributed by atoms with Crippen molar-refractivity contribution in [3.05, 3.63) is 29.8 Å². The van der Waals surface area contributed by atoms with Crippen LogP contribution in [-0.4, -0.2) is 54.6 Å². The lowest BCUT2D eigenvalue weighted by Gasteiger charge is -2.25. The molecule has 7 heteroatoms. The van der Waals surface area contributed by atoms with Crippen molar-refractivity contribution in [2.75, 3.05) is 33.4 Å². The van der Waals surface area contributed by atoms with E-state index in [0.29, 0.717) is 11.3 Å². The minimum absolute atomic E-state index is 0.152. The number of rotatable bonds is 7. The smallest absolute Gasteiger partial charge is 0.401 e. The van der Waals surface area contributed by atoms with Crippen molar-refractivity contribution in [1.29, 1.82) is 0 Å². The van der Waals surface area contributed by atoms with E-state index in [1.54, 1.807) is 24.3 Å². The summed E-state index contributed by atoms with van der Waals surface area (Å²) in [4.78, 5) is 0.962. The van der Waals surface area contributed by atoms with Crippen LogP contribution >= 0.6 is 0 Å². The highest BCUT2D eigenvalue weighted by Crippen LogP contribution is 2.22. The molecule has 0 aromatic heterocycles. The van der Waals surface area contributed by atoms with Gasteiger partial charge in [0.05, 0.1) is 26.4 Å². The van der Waals surface area contributed by atoms with Crippen molar-refractivity contribution in [1.82, 2.24) is 4.90 Å². The van der Waals surface area contributed by atoms with Crippen LogP contribution in [0.25, 0.3) is 0 Å². The monoisotopic (exact) mass is 293 g/mol. The molecule has 4 nitrogen and oxygen atoms in total. The van der Waals surface area contributed by atoms with Crippen LogP contribution in [0.4, 0.5) is 13.2 Å². The summed E-state index contributed by atoms with van der Waals surface area (Å²) in [5.74, 6) is 0.520. The average Bonchev–Trinajstić information content (AvgIpc) is 2.37. The molecule has 0 fully saturated rings. The summed E-state index contributed by atoms with van der Waals surface area (Å²) in [6.45, 7) is -1.94. The summed E-state index contributed by atoms with van der Waals surface area (Å²) in [6, 6.07) is 6.50. The first-order valence-corrected chi connectivity index (χ1v) is 6.07. The second kappa shape index (κ2) is 7.47. The van der Waals surface area contributed by atoms with Gasteiger partial charge in [-0.3, -0.25) is 4.90 Å². The third-order valence-corrected chi connectivity index (χ3v) is 2.73. The summed E-state index contributed by atoms with van der Waals surface area (Å²) in [6.07, 6.45) is -5.46. The molecular weight excluding hydrogens is 275 g/mol. The van der Waals surface area contributed by atoms with Crippen molar-refractivity contribution in [3.8, 4) is 5.75 Å². The number of ether oxygens (including phenoxy) is 1. The van der Waals surface area contributed by atoms with Gasteiger partial charge in [0.1, 0.15) is 5.75 Å². The Bertz CT molecular complexity index is 412. The number of aliphatic hydroxyl groups excluding tert-OH is 2. The lowest BCUT2D eigenvalue weighted by Crippen LogP contribution is -2.38. The van der Waals surface area contributed by atoms with E-state index < -0.39 is 25.4 Å². The largest absolute Gasteiger partial charge is 0.497 e. The normalized spacial score (nSPS) is 13.6. The molecule has 0 spiro atoms. The quantitative estimate of drug-likeness (QED) is 0.801. The van der Waals surface area contributed by atoms with E-state index in [-0.39, 0.29) is 13.1 Å². The van der Waals surface area contributed by atoms with Gasteiger partial charge < -0.3 is 14.9 Å². The van der Waals surface area contributed by atoms with E-state index in [4.69, 9.17) is 9.84 Å². The molecule has 1 aromatic rings. The highest BCUT2D eigenvalue weighted by molar-refractivity contribution is 5.29. The van der Waals surface area contributed by atoms with E-state index in [0.717, 1.165) is 4.90 Å². The number of nitrogens with zero attached hydrogens (tertiary/aromatic N) is 1. The fourth-order valence-electron chi connectivity index (χ4n) is 1.83. The average molecular weight is 293 g/mol. The molecule has 1 rings (SSSR count). The maximum atomic E-state index is 12.4. The molecule has 0 radical (unpaired) electrons. The number of halogens is 3. The fourth-order valence-corrected chi connectivity index (χ4v) is 1.83. The second-order valence-electron chi connectivity index (χ2n) is 4.37. The van der Waals surface area contributed by atoms with Gasteiger partial charge in [0.15, 0.2) is 0 Å². The van der Waals surface area contributed by atoms with E-state index >= 15 is 0 Å². The predicted octanol–water partition coefficient (Wildman–Crippen LogP) is 1.59. The van der Waals surface area contributed by atoms with Gasteiger partial charge >= 0.3 is 6.18 Å². The highest BCUT2D eigenvalue weighted by atomic mass is 19.4. The second-order valence-corrected chi connectivity index (χ2v) is 4.37. The van der Waals surface area contributed by atoms with Crippen molar-refractivity contribution >= 4 is 0 Å². The van der Waals surface area contributed by atoms with Gasteiger partial charge in [-0.2, -0.15) is 13.2 Å². The first-order valence-electron chi connectivity index (χ1n) is 6.07. The molecule has 0 heterocycles. The van der Waals surface area contributed by atoms with Crippen LogP contribution in [0.2, 0.25) is 0 Å². The van der Waals surface area contributed by atoms with Crippen molar-refractivity contribution in [2.45, 2.75) is 12.3 Å². The number of aliphatic hydroxyl groups is 2. The molecule has 0 aliphatic rings. The maximum absolute atomic E-state index is 12.4. The molecule has 0 bridgehead atoms. The topological polar surface area (TPSA) is 52.9 Å². The van der Waals surface area contributed by atoms with Gasteiger partial charge in [-0.05, 0) is 17.7 Å². The van der Waals surface area contributed by atoms with Crippen LogP contribution in [0.3, 0.4) is 0 Å². The first kappa shape index (κ1) is 16.7. The van der Waals surface area contributed by atoms with Crippen LogP contribution < -0.4 is 4.74 Å². The Hall–Kier alpha value is -1.31. The Morgan fingerprint density at radius 3 is 2.60 bits per heavy atom. The third kappa shape index (κ3) is 5.77. The molecule has 0 aliphatic heterocycles. The summed E-state index contributed by atoms with van der Waals surface area (Å²) in [7, 11) is 1.47. The third-order valence-electron chi connectivity index (χ3n) is 2.73. The maximum Gasteiger partial charge on any atom is 0.401 e. The van der Waals surface area contributed by atoms with E-state index in [2.05, 4.69) is 0 Å². The summed E-state index contributed by atoms with van der Waals surface area (Å²) in [5.41, 5.74) is 0.467.